The standard InChI is InChI=1S/C20H23N3O2/c24-19-12-16-8-11-23(14-17(16)13-21-19)20(25)15-4-6-18(7-5-15)22-9-2-1-3-10-22/h4-7,12-13H,1-3,8-11,14H2,(H,21,24). The van der Waals surface area contributed by atoms with Crippen LogP contribution < -0.4 is 10.5 Å². The predicted molar refractivity (Wildman–Crippen MR) is 98.0 cm³/mol. The number of carbonyl (C=O) groups excluding carboxylic acids is 1. The number of nitrogens with zero attached hydrogens (tertiary/aromatic N) is 2. The summed E-state index contributed by atoms with van der Waals surface area (Å²) in [6.45, 7) is 3.42. The van der Waals surface area contributed by atoms with Crippen LogP contribution in [0, 0.1) is 0 Å². The first-order valence-corrected chi connectivity index (χ1v) is 9.05. The Kier molecular flexibility index (Phi) is 4.30. The maximum absolute atomic E-state index is 12.8. The lowest BCUT2D eigenvalue weighted by atomic mass is 10.0. The van der Waals surface area contributed by atoms with E-state index >= 15 is 0 Å². The summed E-state index contributed by atoms with van der Waals surface area (Å²) in [5.74, 6) is 0.0574. The van der Waals surface area contributed by atoms with E-state index in [1.165, 1.54) is 24.9 Å². The molecule has 2 aliphatic heterocycles. The number of nitrogens with one attached hydrogen (secondary N) is 1. The molecule has 0 aliphatic carbocycles. The number of hydrogen-bond acceptors (Lipinski definition) is 3. The van der Waals surface area contributed by atoms with Gasteiger partial charge in [0.2, 0.25) is 5.56 Å². The molecule has 1 aromatic carbocycles. The van der Waals surface area contributed by atoms with Crippen LogP contribution in [0.5, 0.6) is 0 Å². The molecule has 5 nitrogen and oxygen atoms in total. The average molecular weight is 337 g/mol. The number of aromatic nitrogens is 1. The zero-order valence-electron chi connectivity index (χ0n) is 14.3. The number of piperidine rings is 1. The first-order valence-electron chi connectivity index (χ1n) is 9.05. The topological polar surface area (TPSA) is 56.4 Å². The maximum atomic E-state index is 12.8. The highest BCUT2D eigenvalue weighted by molar-refractivity contribution is 5.94. The fourth-order valence-electron chi connectivity index (χ4n) is 3.79. The van der Waals surface area contributed by atoms with Crippen molar-refractivity contribution in [2.24, 2.45) is 0 Å². The summed E-state index contributed by atoms with van der Waals surface area (Å²) in [6.07, 6.45) is 6.27. The van der Waals surface area contributed by atoms with Crippen molar-refractivity contribution >= 4 is 11.6 Å². The third-order valence-corrected chi connectivity index (χ3v) is 5.24. The molecule has 1 saturated heterocycles. The number of anilines is 1. The Hall–Kier alpha value is -2.56. The Bertz CT molecular complexity index is 820. The molecule has 0 unspecified atom stereocenters. The molecule has 1 amide bonds. The lowest BCUT2D eigenvalue weighted by molar-refractivity contribution is 0.0734. The van der Waals surface area contributed by atoms with Crippen molar-refractivity contribution in [1.82, 2.24) is 9.88 Å². The van der Waals surface area contributed by atoms with Crippen LogP contribution in [-0.2, 0) is 13.0 Å². The van der Waals surface area contributed by atoms with Crippen LogP contribution in [0.4, 0.5) is 5.69 Å². The van der Waals surface area contributed by atoms with Gasteiger partial charge in [0.1, 0.15) is 0 Å². The van der Waals surface area contributed by atoms with Crippen LogP contribution in [0.15, 0.2) is 41.3 Å². The number of hydrogen-bond donors (Lipinski definition) is 1. The SMILES string of the molecule is O=C(c1ccc(N2CCCCC2)cc1)N1CCc2cc(=O)[nH]cc2C1. The molecule has 25 heavy (non-hydrogen) atoms. The van der Waals surface area contributed by atoms with Gasteiger partial charge in [0, 0.05) is 49.7 Å². The van der Waals surface area contributed by atoms with E-state index in [0.29, 0.717) is 13.1 Å². The molecule has 2 aliphatic rings. The molecule has 1 N–H and O–H groups in total. The molecule has 0 atom stereocenters. The highest BCUT2D eigenvalue weighted by Crippen LogP contribution is 2.22. The van der Waals surface area contributed by atoms with Gasteiger partial charge in [-0.1, -0.05) is 0 Å². The normalized spacial score (nSPS) is 17.3. The second kappa shape index (κ2) is 6.75. The number of carbonyl (C=O) groups is 1. The van der Waals surface area contributed by atoms with Crippen molar-refractivity contribution in [3.05, 3.63) is 63.6 Å². The molecule has 0 bridgehead atoms. The van der Waals surface area contributed by atoms with Crippen molar-refractivity contribution in [1.29, 1.82) is 0 Å². The van der Waals surface area contributed by atoms with Gasteiger partial charge in [-0.25, -0.2) is 0 Å². The zero-order valence-corrected chi connectivity index (χ0v) is 14.3. The quantitative estimate of drug-likeness (QED) is 0.916. The molecular formula is C20H23N3O2. The zero-order chi connectivity index (χ0) is 17.2. The fourth-order valence-corrected chi connectivity index (χ4v) is 3.79. The Morgan fingerprint density at radius 3 is 2.48 bits per heavy atom. The van der Waals surface area contributed by atoms with Crippen molar-refractivity contribution < 1.29 is 4.79 Å². The number of fused-ring (bicyclic) bond motifs is 1. The van der Waals surface area contributed by atoms with Gasteiger partial charge in [-0.05, 0) is 61.1 Å². The Morgan fingerprint density at radius 1 is 0.960 bits per heavy atom. The van der Waals surface area contributed by atoms with Gasteiger partial charge in [0.15, 0.2) is 0 Å². The number of aromatic amines is 1. The lowest BCUT2D eigenvalue weighted by Crippen LogP contribution is -2.36. The number of amides is 1. The maximum Gasteiger partial charge on any atom is 0.254 e. The number of benzene rings is 1. The summed E-state index contributed by atoms with van der Waals surface area (Å²) in [5, 5.41) is 0. The van der Waals surface area contributed by atoms with E-state index in [9.17, 15) is 9.59 Å². The average Bonchev–Trinajstić information content (AvgIpc) is 2.68. The van der Waals surface area contributed by atoms with E-state index in [0.717, 1.165) is 36.2 Å². The molecule has 5 heteroatoms. The third kappa shape index (κ3) is 3.31. The highest BCUT2D eigenvalue weighted by Gasteiger charge is 2.22. The lowest BCUT2D eigenvalue weighted by Gasteiger charge is -2.30. The van der Waals surface area contributed by atoms with Crippen LogP contribution in [0.1, 0.15) is 40.7 Å². The van der Waals surface area contributed by atoms with Crippen LogP contribution in [0.25, 0.3) is 0 Å². The minimum atomic E-state index is -0.0770. The molecule has 3 heterocycles. The van der Waals surface area contributed by atoms with Gasteiger partial charge < -0.3 is 14.8 Å². The summed E-state index contributed by atoms with van der Waals surface area (Å²) in [6, 6.07) is 9.65. The summed E-state index contributed by atoms with van der Waals surface area (Å²) >= 11 is 0. The second-order valence-corrected chi connectivity index (χ2v) is 6.92. The predicted octanol–water partition coefficient (Wildman–Crippen LogP) is 2.56. The molecule has 4 rings (SSSR count). The molecular weight excluding hydrogens is 314 g/mol. The Morgan fingerprint density at radius 2 is 1.72 bits per heavy atom. The monoisotopic (exact) mass is 337 g/mol. The van der Waals surface area contributed by atoms with E-state index in [2.05, 4.69) is 22.0 Å². The van der Waals surface area contributed by atoms with Gasteiger partial charge in [0.25, 0.3) is 5.91 Å². The minimum absolute atomic E-state index is 0.0574. The summed E-state index contributed by atoms with van der Waals surface area (Å²) in [5.41, 5.74) is 3.94. The third-order valence-electron chi connectivity index (χ3n) is 5.24. The smallest absolute Gasteiger partial charge is 0.254 e. The van der Waals surface area contributed by atoms with E-state index in [1.54, 1.807) is 12.3 Å². The number of pyridine rings is 1. The van der Waals surface area contributed by atoms with E-state index in [1.807, 2.05) is 17.0 Å². The molecule has 2 aromatic rings. The Balaban J connectivity index is 1.47. The molecule has 130 valence electrons. The summed E-state index contributed by atoms with van der Waals surface area (Å²) < 4.78 is 0. The van der Waals surface area contributed by atoms with E-state index in [-0.39, 0.29) is 11.5 Å². The van der Waals surface area contributed by atoms with Crippen molar-refractivity contribution in [3.8, 4) is 0 Å². The summed E-state index contributed by atoms with van der Waals surface area (Å²) in [4.78, 5) is 31.2. The van der Waals surface area contributed by atoms with Crippen LogP contribution in [0.2, 0.25) is 0 Å². The van der Waals surface area contributed by atoms with Gasteiger partial charge in [0.05, 0.1) is 0 Å². The number of H-pyrrole nitrogens is 1. The summed E-state index contributed by atoms with van der Waals surface area (Å²) in [7, 11) is 0. The number of rotatable bonds is 2. The fraction of sp³-hybridized carbons (Fsp3) is 0.400. The second-order valence-electron chi connectivity index (χ2n) is 6.92. The molecule has 0 spiro atoms. The van der Waals surface area contributed by atoms with Crippen molar-refractivity contribution in [2.75, 3.05) is 24.5 Å². The first-order chi connectivity index (χ1) is 12.2. The first kappa shape index (κ1) is 15.9. The van der Waals surface area contributed by atoms with Crippen molar-refractivity contribution in [3.63, 3.8) is 0 Å². The molecule has 0 radical (unpaired) electrons. The van der Waals surface area contributed by atoms with Crippen LogP contribution in [-0.4, -0.2) is 35.4 Å². The minimum Gasteiger partial charge on any atom is -0.372 e. The van der Waals surface area contributed by atoms with E-state index < -0.39 is 0 Å². The molecule has 1 fully saturated rings. The van der Waals surface area contributed by atoms with Crippen molar-refractivity contribution in [2.45, 2.75) is 32.2 Å². The molecule has 1 aromatic heterocycles. The Labute approximate surface area is 147 Å². The van der Waals surface area contributed by atoms with E-state index in [4.69, 9.17) is 0 Å². The van der Waals surface area contributed by atoms with Gasteiger partial charge in [-0.15, -0.1) is 0 Å². The van der Waals surface area contributed by atoms with Gasteiger partial charge >= 0.3 is 0 Å². The van der Waals surface area contributed by atoms with Crippen LogP contribution in [0.3, 0.4) is 0 Å². The molecule has 0 saturated carbocycles. The highest BCUT2D eigenvalue weighted by atomic mass is 16.2. The van der Waals surface area contributed by atoms with Gasteiger partial charge in [-0.3, -0.25) is 9.59 Å². The van der Waals surface area contributed by atoms with Crippen LogP contribution >= 0.6 is 0 Å². The largest absolute Gasteiger partial charge is 0.372 e. The van der Waals surface area contributed by atoms with Gasteiger partial charge in [-0.2, -0.15) is 0 Å².